The molecule has 0 saturated carbocycles. The Labute approximate surface area is 211 Å². The number of thiazole rings is 1. The van der Waals surface area contributed by atoms with Crippen molar-refractivity contribution in [1.82, 2.24) is 10.4 Å². The van der Waals surface area contributed by atoms with Gasteiger partial charge >= 0.3 is 0 Å². The molecule has 0 bridgehead atoms. The maximum Gasteiger partial charge on any atom is 0.272 e. The van der Waals surface area contributed by atoms with E-state index in [-0.39, 0.29) is 23.0 Å². The molecule has 5 N–H and O–H groups in total. The second kappa shape index (κ2) is 11.2. The number of amides is 1. The number of nitrogens with two attached hydrogens (primary N) is 1. The predicted octanol–water partition coefficient (Wildman–Crippen LogP) is 4.87. The molecule has 0 aliphatic rings. The maximum absolute atomic E-state index is 13.1. The predicted molar refractivity (Wildman–Crippen MR) is 142 cm³/mol. The van der Waals surface area contributed by atoms with Crippen LogP contribution in [0.1, 0.15) is 32.9 Å². The molecule has 3 aromatic rings. The maximum atomic E-state index is 13.1. The Morgan fingerprint density at radius 1 is 1.15 bits per heavy atom. The summed E-state index contributed by atoms with van der Waals surface area (Å²) in [4.78, 5) is 30.8. The first-order valence-electron chi connectivity index (χ1n) is 10.2. The van der Waals surface area contributed by atoms with Crippen molar-refractivity contribution < 1.29 is 9.59 Å². The lowest BCUT2D eigenvalue weighted by Crippen LogP contribution is -2.31. The average Bonchev–Trinajstić information content (AvgIpc) is 3.14. The number of carbonyl (C=O) groups excluding carboxylic acids is 2. The van der Waals surface area contributed by atoms with Crippen LogP contribution < -0.4 is 21.8 Å². The molecule has 8 nitrogen and oxygen atoms in total. The molecule has 0 unspecified atom stereocenters. The molecular formula is C23H23ClN6O2S2. The quantitative estimate of drug-likeness (QED) is 0.146. The van der Waals surface area contributed by atoms with Crippen molar-refractivity contribution in [2.24, 2.45) is 10.8 Å². The molecule has 0 radical (unpaired) electrons. The van der Waals surface area contributed by atoms with Gasteiger partial charge in [0.05, 0.1) is 17.0 Å². The topological polar surface area (TPSA) is 122 Å². The number of hydrazone groups is 1. The number of ketones is 1. The van der Waals surface area contributed by atoms with Crippen molar-refractivity contribution in [3.63, 3.8) is 0 Å². The number of aryl methyl sites for hydroxylation is 3. The lowest BCUT2D eigenvalue weighted by Gasteiger charge is -2.10. The number of rotatable bonds is 8. The van der Waals surface area contributed by atoms with Crippen LogP contribution in [0.5, 0.6) is 0 Å². The van der Waals surface area contributed by atoms with Gasteiger partial charge in [-0.05, 0) is 68.9 Å². The second-order valence-electron chi connectivity index (χ2n) is 7.47. The molecule has 11 heteroatoms. The summed E-state index contributed by atoms with van der Waals surface area (Å²) in [5.41, 5.74) is 11.6. The largest absolute Gasteiger partial charge is 0.375 e. The van der Waals surface area contributed by atoms with E-state index in [1.54, 1.807) is 32.0 Å². The SMILES string of the molecule is Cc1ccc(Nc2nc(C)c(C(=O)C/C(=N/NC(N)=S)C(=O)Nc3ccc(Cl)cc3C)s2)cc1. The van der Waals surface area contributed by atoms with Crippen LogP contribution >= 0.6 is 35.2 Å². The van der Waals surface area contributed by atoms with Crippen LogP contribution in [0.3, 0.4) is 0 Å². The standard InChI is InChI=1S/C23H23ClN6O2S2/c1-12-4-7-16(8-5-12)27-23-26-14(3)20(34-23)19(31)11-18(29-30-22(25)33)21(32)28-17-9-6-15(24)10-13(17)2/h4-10H,11H2,1-3H3,(H,26,27)(H,28,32)(H3,25,30,33)/b29-18-. The van der Waals surface area contributed by atoms with Crippen molar-refractivity contribution in [2.75, 3.05) is 10.6 Å². The lowest BCUT2D eigenvalue weighted by molar-refractivity contribution is -0.110. The monoisotopic (exact) mass is 514 g/mol. The molecular weight excluding hydrogens is 492 g/mol. The zero-order chi connectivity index (χ0) is 24.8. The molecule has 0 aliphatic carbocycles. The minimum atomic E-state index is -0.567. The van der Waals surface area contributed by atoms with E-state index in [1.807, 2.05) is 31.2 Å². The number of aromatic nitrogens is 1. The first-order chi connectivity index (χ1) is 16.1. The molecule has 3 rings (SSSR count). The third kappa shape index (κ3) is 6.83. The second-order valence-corrected chi connectivity index (χ2v) is 9.35. The fourth-order valence-corrected chi connectivity index (χ4v) is 4.15. The van der Waals surface area contributed by atoms with Gasteiger partial charge < -0.3 is 16.4 Å². The zero-order valence-corrected chi connectivity index (χ0v) is 21.1. The van der Waals surface area contributed by atoms with E-state index >= 15 is 0 Å². The summed E-state index contributed by atoms with van der Waals surface area (Å²) >= 11 is 12.0. The lowest BCUT2D eigenvalue weighted by atomic mass is 10.1. The van der Waals surface area contributed by atoms with Gasteiger partial charge in [-0.3, -0.25) is 15.0 Å². The molecule has 0 spiro atoms. The Kier molecular flexibility index (Phi) is 8.32. The molecule has 176 valence electrons. The van der Waals surface area contributed by atoms with Gasteiger partial charge in [-0.25, -0.2) is 4.98 Å². The van der Waals surface area contributed by atoms with Gasteiger partial charge in [0.1, 0.15) is 5.71 Å². The van der Waals surface area contributed by atoms with Gasteiger partial charge in [-0.1, -0.05) is 40.6 Å². The Hall–Kier alpha value is -3.34. The number of thiocarbonyl (C=S) groups is 1. The smallest absolute Gasteiger partial charge is 0.272 e. The first-order valence-corrected chi connectivity index (χ1v) is 11.8. The van der Waals surface area contributed by atoms with E-state index in [1.165, 1.54) is 11.3 Å². The number of hydrogen-bond acceptors (Lipinski definition) is 7. The zero-order valence-electron chi connectivity index (χ0n) is 18.7. The highest BCUT2D eigenvalue weighted by atomic mass is 35.5. The van der Waals surface area contributed by atoms with Gasteiger partial charge in [0.2, 0.25) is 0 Å². The van der Waals surface area contributed by atoms with Crippen molar-refractivity contribution in [3.05, 3.63) is 69.2 Å². The molecule has 0 atom stereocenters. The van der Waals surface area contributed by atoms with E-state index in [0.717, 1.165) is 16.8 Å². The molecule has 0 aliphatic heterocycles. The summed E-state index contributed by atoms with van der Waals surface area (Å²) in [5, 5.41) is 10.9. The Balaban J connectivity index is 1.78. The third-order valence-electron chi connectivity index (χ3n) is 4.68. The summed E-state index contributed by atoms with van der Waals surface area (Å²) in [6.45, 7) is 5.55. The van der Waals surface area contributed by atoms with Crippen molar-refractivity contribution in [1.29, 1.82) is 0 Å². The number of halogens is 1. The third-order valence-corrected chi connectivity index (χ3v) is 6.12. The van der Waals surface area contributed by atoms with E-state index in [2.05, 4.69) is 26.1 Å². The van der Waals surface area contributed by atoms with Crippen LogP contribution in [0, 0.1) is 20.8 Å². The van der Waals surface area contributed by atoms with Gasteiger partial charge in [-0.15, -0.1) is 0 Å². The Morgan fingerprint density at radius 2 is 1.85 bits per heavy atom. The van der Waals surface area contributed by atoms with Gasteiger partial charge in [0.25, 0.3) is 5.91 Å². The summed E-state index contributed by atoms with van der Waals surface area (Å²) < 4.78 is 0. The fraction of sp³-hybridized carbons (Fsp3) is 0.174. The average molecular weight is 515 g/mol. The Morgan fingerprint density at radius 3 is 2.50 bits per heavy atom. The summed E-state index contributed by atoms with van der Waals surface area (Å²) in [6, 6.07) is 12.9. The van der Waals surface area contributed by atoms with Crippen molar-refractivity contribution in [2.45, 2.75) is 27.2 Å². The number of hydrogen-bond donors (Lipinski definition) is 4. The Bertz CT molecular complexity index is 1270. The van der Waals surface area contributed by atoms with Crippen LogP contribution in [0.4, 0.5) is 16.5 Å². The normalized spacial score (nSPS) is 11.1. The number of Topliss-reactive ketones (excluding diaryl/α,β-unsaturated/α-hetero) is 1. The van der Waals surface area contributed by atoms with Crippen LogP contribution in [0.15, 0.2) is 47.6 Å². The number of anilines is 3. The molecule has 1 heterocycles. The van der Waals surface area contributed by atoms with Gasteiger partial charge in [0.15, 0.2) is 16.0 Å². The van der Waals surface area contributed by atoms with Crippen molar-refractivity contribution >= 4 is 74.2 Å². The highest BCUT2D eigenvalue weighted by molar-refractivity contribution is 7.80. The number of benzene rings is 2. The van der Waals surface area contributed by atoms with E-state index in [9.17, 15) is 9.59 Å². The molecule has 0 saturated heterocycles. The number of nitrogens with one attached hydrogen (secondary N) is 3. The molecule has 1 amide bonds. The molecule has 34 heavy (non-hydrogen) atoms. The highest BCUT2D eigenvalue weighted by Gasteiger charge is 2.22. The van der Waals surface area contributed by atoms with Crippen LogP contribution in [0.25, 0.3) is 0 Å². The van der Waals surface area contributed by atoms with Crippen LogP contribution in [-0.4, -0.2) is 27.5 Å². The van der Waals surface area contributed by atoms with Gasteiger partial charge in [-0.2, -0.15) is 5.10 Å². The van der Waals surface area contributed by atoms with E-state index in [0.29, 0.717) is 26.4 Å². The molecule has 1 aromatic heterocycles. The summed E-state index contributed by atoms with van der Waals surface area (Å²) in [7, 11) is 0. The fourth-order valence-electron chi connectivity index (χ4n) is 2.96. The van der Waals surface area contributed by atoms with Gasteiger partial charge in [0, 0.05) is 16.4 Å². The van der Waals surface area contributed by atoms with Crippen LogP contribution in [-0.2, 0) is 4.79 Å². The summed E-state index contributed by atoms with van der Waals surface area (Å²) in [5.74, 6) is -0.874. The van der Waals surface area contributed by atoms with Crippen molar-refractivity contribution in [3.8, 4) is 0 Å². The molecule has 0 fully saturated rings. The van der Waals surface area contributed by atoms with E-state index in [4.69, 9.17) is 29.6 Å². The van der Waals surface area contributed by atoms with Crippen LogP contribution in [0.2, 0.25) is 5.02 Å². The van der Waals surface area contributed by atoms with E-state index < -0.39 is 5.91 Å². The summed E-state index contributed by atoms with van der Waals surface area (Å²) in [6.07, 6.45) is -0.277. The minimum Gasteiger partial charge on any atom is -0.375 e. The molecule has 2 aromatic carbocycles. The number of carbonyl (C=O) groups is 2. The first kappa shape index (κ1) is 25.3. The minimum absolute atomic E-state index is 0.0759. The highest BCUT2D eigenvalue weighted by Crippen LogP contribution is 2.27. The number of nitrogens with zero attached hydrogens (tertiary/aromatic N) is 2.